The van der Waals surface area contributed by atoms with Crippen LogP contribution in [-0.2, 0) is 0 Å². The third kappa shape index (κ3) is 3.51. The van der Waals surface area contributed by atoms with Gasteiger partial charge in [0, 0.05) is 0 Å². The zero-order valence-corrected chi connectivity index (χ0v) is 16.0. The van der Waals surface area contributed by atoms with Crippen molar-refractivity contribution in [2.75, 3.05) is 0 Å². The molecular formula is C23H27FN2O. The fourth-order valence-electron chi connectivity index (χ4n) is 4.58. The summed E-state index contributed by atoms with van der Waals surface area (Å²) >= 11 is 0. The summed E-state index contributed by atoms with van der Waals surface area (Å²) in [6.07, 6.45) is 7.01. The standard InChI is InChI=1S/C23H27FN2O/c1-15(2)21-11-10-20-13-25-14-26(20)22(21)23(27)17-8-6-16(7-9-17)18-4-3-5-19(24)12-18/h3-5,10-17,23,27H,6-9H2,1-2H3/t16?,17?,23-/m0/s1. The number of hydrogen-bond acceptors (Lipinski definition) is 2. The Bertz CT molecular complexity index is 925. The number of fused-ring (bicyclic) bond motifs is 1. The van der Waals surface area contributed by atoms with Crippen LogP contribution in [0.25, 0.3) is 5.52 Å². The smallest absolute Gasteiger partial charge is 0.123 e. The Morgan fingerprint density at radius 2 is 1.89 bits per heavy atom. The number of pyridine rings is 1. The quantitative estimate of drug-likeness (QED) is 0.652. The minimum Gasteiger partial charge on any atom is -0.387 e. The molecule has 1 fully saturated rings. The fourth-order valence-corrected chi connectivity index (χ4v) is 4.58. The predicted molar refractivity (Wildman–Crippen MR) is 105 cm³/mol. The van der Waals surface area contributed by atoms with Gasteiger partial charge < -0.3 is 9.51 Å². The number of rotatable bonds is 4. The molecule has 1 atom stereocenters. The van der Waals surface area contributed by atoms with E-state index in [0.29, 0.717) is 11.8 Å². The number of aliphatic hydroxyl groups is 1. The first-order valence-corrected chi connectivity index (χ1v) is 9.93. The van der Waals surface area contributed by atoms with Gasteiger partial charge in [0.25, 0.3) is 0 Å². The average Bonchev–Trinajstić information content (AvgIpc) is 3.15. The van der Waals surface area contributed by atoms with Crippen molar-refractivity contribution in [3.05, 3.63) is 71.6 Å². The molecule has 2 heterocycles. The Labute approximate surface area is 159 Å². The van der Waals surface area contributed by atoms with Crippen LogP contribution in [0.4, 0.5) is 4.39 Å². The number of aliphatic hydroxyl groups excluding tert-OH is 1. The molecule has 3 aromatic rings. The molecule has 1 saturated carbocycles. The van der Waals surface area contributed by atoms with Gasteiger partial charge in [-0.3, -0.25) is 0 Å². The highest BCUT2D eigenvalue weighted by molar-refractivity contribution is 5.49. The van der Waals surface area contributed by atoms with Crippen LogP contribution in [-0.4, -0.2) is 14.5 Å². The van der Waals surface area contributed by atoms with Crippen LogP contribution in [0.3, 0.4) is 0 Å². The Morgan fingerprint density at radius 3 is 2.59 bits per heavy atom. The predicted octanol–water partition coefficient (Wildman–Crippen LogP) is 5.60. The van der Waals surface area contributed by atoms with Gasteiger partial charge in [-0.15, -0.1) is 0 Å². The number of nitrogens with zero attached hydrogens (tertiary/aromatic N) is 2. The first kappa shape index (κ1) is 18.2. The molecule has 4 heteroatoms. The molecule has 4 rings (SSSR count). The van der Waals surface area contributed by atoms with Crippen LogP contribution < -0.4 is 0 Å². The molecule has 0 unspecified atom stereocenters. The summed E-state index contributed by atoms with van der Waals surface area (Å²) in [6.45, 7) is 4.32. The van der Waals surface area contributed by atoms with Crippen LogP contribution in [0.15, 0.2) is 48.9 Å². The van der Waals surface area contributed by atoms with Crippen LogP contribution in [0.2, 0.25) is 0 Å². The van der Waals surface area contributed by atoms with Gasteiger partial charge in [0.2, 0.25) is 0 Å². The summed E-state index contributed by atoms with van der Waals surface area (Å²) in [5.41, 5.74) is 4.26. The number of imidazole rings is 1. The molecule has 0 radical (unpaired) electrons. The molecule has 142 valence electrons. The van der Waals surface area contributed by atoms with Crippen molar-refractivity contribution in [3.8, 4) is 0 Å². The average molecular weight is 366 g/mol. The summed E-state index contributed by atoms with van der Waals surface area (Å²) in [5.74, 6) is 0.783. The van der Waals surface area contributed by atoms with Crippen molar-refractivity contribution < 1.29 is 9.50 Å². The van der Waals surface area contributed by atoms with E-state index < -0.39 is 6.10 Å². The number of benzene rings is 1. The molecule has 0 aliphatic heterocycles. The minimum absolute atomic E-state index is 0.164. The maximum absolute atomic E-state index is 13.5. The van der Waals surface area contributed by atoms with Gasteiger partial charge in [-0.05, 0) is 72.8 Å². The summed E-state index contributed by atoms with van der Waals surface area (Å²) in [4.78, 5) is 4.27. The second-order valence-corrected chi connectivity index (χ2v) is 8.13. The Balaban J connectivity index is 1.56. The monoisotopic (exact) mass is 366 g/mol. The Kier molecular flexibility index (Phi) is 5.00. The summed E-state index contributed by atoms with van der Waals surface area (Å²) < 4.78 is 15.6. The zero-order chi connectivity index (χ0) is 19.0. The summed E-state index contributed by atoms with van der Waals surface area (Å²) in [7, 11) is 0. The van der Waals surface area contributed by atoms with Crippen molar-refractivity contribution in [1.82, 2.24) is 9.38 Å². The first-order chi connectivity index (χ1) is 13.0. The van der Waals surface area contributed by atoms with Crippen molar-refractivity contribution in [2.24, 2.45) is 5.92 Å². The number of aromatic nitrogens is 2. The lowest BCUT2D eigenvalue weighted by Gasteiger charge is -2.33. The van der Waals surface area contributed by atoms with Gasteiger partial charge in [0.1, 0.15) is 5.82 Å². The first-order valence-electron chi connectivity index (χ1n) is 9.93. The van der Waals surface area contributed by atoms with E-state index in [-0.39, 0.29) is 11.7 Å². The second kappa shape index (κ2) is 7.43. The Morgan fingerprint density at radius 1 is 1.11 bits per heavy atom. The van der Waals surface area contributed by atoms with Crippen molar-refractivity contribution in [2.45, 2.75) is 57.5 Å². The maximum atomic E-state index is 13.5. The number of hydrogen-bond donors (Lipinski definition) is 1. The molecule has 0 amide bonds. The van der Waals surface area contributed by atoms with E-state index in [1.54, 1.807) is 18.5 Å². The molecule has 1 aromatic carbocycles. The highest BCUT2D eigenvalue weighted by atomic mass is 19.1. The van der Waals surface area contributed by atoms with Crippen molar-refractivity contribution in [1.29, 1.82) is 0 Å². The number of halogens is 1. The van der Waals surface area contributed by atoms with Gasteiger partial charge >= 0.3 is 0 Å². The fraction of sp³-hybridized carbons (Fsp3) is 0.435. The minimum atomic E-state index is -0.506. The van der Waals surface area contributed by atoms with Crippen LogP contribution in [0, 0.1) is 11.7 Å². The van der Waals surface area contributed by atoms with E-state index in [9.17, 15) is 9.50 Å². The lowest BCUT2D eigenvalue weighted by Crippen LogP contribution is -2.22. The second-order valence-electron chi connectivity index (χ2n) is 8.13. The van der Waals surface area contributed by atoms with E-state index in [1.807, 2.05) is 16.7 Å². The van der Waals surface area contributed by atoms with E-state index in [1.165, 1.54) is 11.6 Å². The molecule has 3 nitrogen and oxygen atoms in total. The van der Waals surface area contributed by atoms with Crippen LogP contribution >= 0.6 is 0 Å². The van der Waals surface area contributed by atoms with E-state index >= 15 is 0 Å². The Hall–Kier alpha value is -2.20. The van der Waals surface area contributed by atoms with Gasteiger partial charge in [0.15, 0.2) is 0 Å². The summed E-state index contributed by atoms with van der Waals surface area (Å²) in [6, 6.07) is 11.2. The van der Waals surface area contributed by atoms with Gasteiger partial charge in [0.05, 0.1) is 29.8 Å². The molecular weight excluding hydrogens is 339 g/mol. The van der Waals surface area contributed by atoms with Crippen LogP contribution in [0.5, 0.6) is 0 Å². The van der Waals surface area contributed by atoms with Crippen molar-refractivity contribution >= 4 is 5.52 Å². The van der Waals surface area contributed by atoms with Gasteiger partial charge in [-0.1, -0.05) is 32.0 Å². The normalized spacial score (nSPS) is 21.7. The lowest BCUT2D eigenvalue weighted by molar-refractivity contribution is 0.0752. The van der Waals surface area contributed by atoms with E-state index in [4.69, 9.17) is 0 Å². The molecule has 1 aliphatic carbocycles. The highest BCUT2D eigenvalue weighted by Crippen LogP contribution is 2.42. The zero-order valence-electron chi connectivity index (χ0n) is 16.0. The maximum Gasteiger partial charge on any atom is 0.123 e. The van der Waals surface area contributed by atoms with E-state index in [0.717, 1.165) is 42.5 Å². The third-order valence-corrected chi connectivity index (χ3v) is 6.10. The SMILES string of the molecule is CC(C)c1ccc2cncn2c1[C@@H](O)C1CCC(c2cccc(F)c2)CC1. The molecule has 0 saturated heterocycles. The molecule has 27 heavy (non-hydrogen) atoms. The lowest BCUT2D eigenvalue weighted by atomic mass is 9.75. The largest absolute Gasteiger partial charge is 0.387 e. The highest BCUT2D eigenvalue weighted by Gasteiger charge is 2.31. The van der Waals surface area contributed by atoms with Crippen molar-refractivity contribution in [3.63, 3.8) is 0 Å². The van der Waals surface area contributed by atoms with Gasteiger partial charge in [-0.25, -0.2) is 9.37 Å². The summed E-state index contributed by atoms with van der Waals surface area (Å²) in [5, 5.41) is 11.3. The van der Waals surface area contributed by atoms with Gasteiger partial charge in [-0.2, -0.15) is 0 Å². The molecule has 1 aliphatic rings. The van der Waals surface area contributed by atoms with Crippen LogP contribution in [0.1, 0.15) is 74.3 Å². The molecule has 0 spiro atoms. The molecule has 1 N–H and O–H groups in total. The topological polar surface area (TPSA) is 37.5 Å². The molecule has 0 bridgehead atoms. The third-order valence-electron chi connectivity index (χ3n) is 6.10. The van der Waals surface area contributed by atoms with E-state index in [2.05, 4.69) is 31.0 Å². The molecule has 2 aromatic heterocycles.